The molecule has 0 saturated heterocycles. The van der Waals surface area contributed by atoms with Crippen molar-refractivity contribution in [3.63, 3.8) is 0 Å². The Morgan fingerprint density at radius 3 is 3.00 bits per heavy atom. The molecule has 0 aliphatic carbocycles. The van der Waals surface area contributed by atoms with E-state index in [2.05, 4.69) is 15.5 Å². The molecule has 0 bridgehead atoms. The fraction of sp³-hybridized carbons (Fsp3) is 0.357. The molecule has 96 valence electrons. The molecule has 0 saturated carbocycles. The van der Waals surface area contributed by atoms with Crippen molar-refractivity contribution in [3.05, 3.63) is 53.1 Å². The largest absolute Gasteiger partial charge is 0.313 e. The molecule has 1 aromatic carbocycles. The van der Waals surface area contributed by atoms with Crippen molar-refractivity contribution in [3.8, 4) is 0 Å². The second kappa shape index (κ2) is 6.31. The van der Waals surface area contributed by atoms with Gasteiger partial charge in [0.2, 0.25) is 0 Å². The van der Waals surface area contributed by atoms with Gasteiger partial charge >= 0.3 is 0 Å². The lowest BCUT2D eigenvalue weighted by atomic mass is 10.1. The first kappa shape index (κ1) is 12.8. The lowest BCUT2D eigenvalue weighted by Gasteiger charge is -2.05. The number of hydrogen-bond donors (Lipinski definition) is 2. The average Bonchev–Trinajstić information content (AvgIpc) is 2.75. The minimum absolute atomic E-state index is 0.177. The van der Waals surface area contributed by atoms with Gasteiger partial charge in [0.15, 0.2) is 0 Å². The summed E-state index contributed by atoms with van der Waals surface area (Å²) in [5.41, 5.74) is 3.39. The SMILES string of the molecule is Cc1[nH]ncc1CCCNCc1cccc(F)c1. The van der Waals surface area contributed by atoms with E-state index in [-0.39, 0.29) is 5.82 Å². The van der Waals surface area contributed by atoms with Crippen LogP contribution in [0.15, 0.2) is 30.5 Å². The van der Waals surface area contributed by atoms with Gasteiger partial charge in [0, 0.05) is 12.2 Å². The van der Waals surface area contributed by atoms with Crippen LogP contribution < -0.4 is 5.32 Å². The van der Waals surface area contributed by atoms with E-state index in [1.54, 1.807) is 12.1 Å². The third-order valence-corrected chi connectivity index (χ3v) is 2.95. The van der Waals surface area contributed by atoms with E-state index < -0.39 is 0 Å². The van der Waals surface area contributed by atoms with E-state index in [1.165, 1.54) is 11.6 Å². The van der Waals surface area contributed by atoms with E-state index in [4.69, 9.17) is 0 Å². The smallest absolute Gasteiger partial charge is 0.123 e. The maximum absolute atomic E-state index is 12.9. The fourth-order valence-corrected chi connectivity index (χ4v) is 1.91. The molecule has 0 unspecified atom stereocenters. The van der Waals surface area contributed by atoms with Crippen molar-refractivity contribution in [1.29, 1.82) is 0 Å². The lowest BCUT2D eigenvalue weighted by Crippen LogP contribution is -2.15. The average molecular weight is 247 g/mol. The zero-order valence-corrected chi connectivity index (χ0v) is 10.5. The highest BCUT2D eigenvalue weighted by Gasteiger charge is 1.99. The molecular formula is C14H18FN3. The van der Waals surface area contributed by atoms with Crippen LogP contribution in [0.4, 0.5) is 4.39 Å². The second-order valence-corrected chi connectivity index (χ2v) is 4.43. The van der Waals surface area contributed by atoms with E-state index >= 15 is 0 Å². The molecule has 2 aromatic rings. The normalized spacial score (nSPS) is 10.8. The van der Waals surface area contributed by atoms with Gasteiger partial charge in [-0.05, 0) is 49.6 Å². The Morgan fingerprint density at radius 2 is 2.28 bits per heavy atom. The number of benzene rings is 1. The monoisotopic (exact) mass is 247 g/mol. The maximum Gasteiger partial charge on any atom is 0.123 e. The van der Waals surface area contributed by atoms with Crippen LogP contribution in [-0.2, 0) is 13.0 Å². The van der Waals surface area contributed by atoms with Gasteiger partial charge < -0.3 is 5.32 Å². The van der Waals surface area contributed by atoms with E-state index in [0.717, 1.165) is 30.6 Å². The first-order valence-corrected chi connectivity index (χ1v) is 6.20. The van der Waals surface area contributed by atoms with E-state index in [1.807, 2.05) is 19.2 Å². The molecule has 1 heterocycles. The highest BCUT2D eigenvalue weighted by Crippen LogP contribution is 2.06. The molecule has 0 spiro atoms. The van der Waals surface area contributed by atoms with Crippen LogP contribution in [0.3, 0.4) is 0 Å². The Hall–Kier alpha value is -1.68. The molecule has 0 atom stereocenters. The summed E-state index contributed by atoms with van der Waals surface area (Å²) in [6, 6.07) is 6.69. The number of nitrogens with one attached hydrogen (secondary N) is 2. The number of aryl methyl sites for hydroxylation is 2. The second-order valence-electron chi connectivity index (χ2n) is 4.43. The van der Waals surface area contributed by atoms with E-state index in [0.29, 0.717) is 6.54 Å². The van der Waals surface area contributed by atoms with Gasteiger partial charge in [0.1, 0.15) is 5.82 Å². The predicted octanol–water partition coefficient (Wildman–Crippen LogP) is 2.58. The predicted molar refractivity (Wildman–Crippen MR) is 69.8 cm³/mol. The molecule has 0 fully saturated rings. The fourth-order valence-electron chi connectivity index (χ4n) is 1.91. The molecule has 0 aliphatic heterocycles. The van der Waals surface area contributed by atoms with Gasteiger partial charge in [0.25, 0.3) is 0 Å². The number of nitrogens with zero attached hydrogens (tertiary/aromatic N) is 1. The zero-order chi connectivity index (χ0) is 12.8. The van der Waals surface area contributed by atoms with Crippen LogP contribution in [0.5, 0.6) is 0 Å². The summed E-state index contributed by atoms with van der Waals surface area (Å²) < 4.78 is 12.9. The van der Waals surface area contributed by atoms with Gasteiger partial charge in [0.05, 0.1) is 6.20 Å². The Labute approximate surface area is 106 Å². The van der Waals surface area contributed by atoms with Crippen LogP contribution in [0.2, 0.25) is 0 Å². The van der Waals surface area contributed by atoms with Crippen molar-refractivity contribution < 1.29 is 4.39 Å². The standard InChI is InChI=1S/C14H18FN3/c1-11-13(10-17-18-11)5-3-7-16-9-12-4-2-6-14(15)8-12/h2,4,6,8,10,16H,3,5,7,9H2,1H3,(H,17,18). The molecule has 0 radical (unpaired) electrons. The third-order valence-electron chi connectivity index (χ3n) is 2.95. The Balaban J connectivity index is 1.66. The Kier molecular flexibility index (Phi) is 4.47. The summed E-state index contributed by atoms with van der Waals surface area (Å²) in [5.74, 6) is -0.177. The summed E-state index contributed by atoms with van der Waals surface area (Å²) in [6.07, 6.45) is 3.94. The molecular weight excluding hydrogens is 229 g/mol. The minimum Gasteiger partial charge on any atom is -0.313 e. The highest BCUT2D eigenvalue weighted by atomic mass is 19.1. The summed E-state index contributed by atoms with van der Waals surface area (Å²) >= 11 is 0. The zero-order valence-electron chi connectivity index (χ0n) is 10.5. The van der Waals surface area contributed by atoms with Gasteiger partial charge in [-0.15, -0.1) is 0 Å². The number of aromatic amines is 1. The minimum atomic E-state index is -0.177. The quantitative estimate of drug-likeness (QED) is 0.770. The molecule has 1 aromatic heterocycles. The number of H-pyrrole nitrogens is 1. The third kappa shape index (κ3) is 3.67. The van der Waals surface area contributed by atoms with Crippen molar-refractivity contribution in [2.24, 2.45) is 0 Å². The van der Waals surface area contributed by atoms with Crippen LogP contribution in [0.25, 0.3) is 0 Å². The van der Waals surface area contributed by atoms with Crippen LogP contribution in [0.1, 0.15) is 23.2 Å². The molecule has 18 heavy (non-hydrogen) atoms. The molecule has 0 aliphatic rings. The van der Waals surface area contributed by atoms with Crippen molar-refractivity contribution in [1.82, 2.24) is 15.5 Å². The van der Waals surface area contributed by atoms with Gasteiger partial charge in [-0.25, -0.2) is 4.39 Å². The number of rotatable bonds is 6. The maximum atomic E-state index is 12.9. The van der Waals surface area contributed by atoms with Crippen LogP contribution in [0, 0.1) is 12.7 Å². The Morgan fingerprint density at radius 1 is 1.39 bits per heavy atom. The van der Waals surface area contributed by atoms with Crippen molar-refractivity contribution in [2.45, 2.75) is 26.3 Å². The molecule has 2 N–H and O–H groups in total. The first-order valence-electron chi connectivity index (χ1n) is 6.20. The van der Waals surface area contributed by atoms with Crippen molar-refractivity contribution in [2.75, 3.05) is 6.54 Å². The van der Waals surface area contributed by atoms with Crippen molar-refractivity contribution >= 4 is 0 Å². The number of halogens is 1. The molecule has 2 rings (SSSR count). The molecule has 0 amide bonds. The van der Waals surface area contributed by atoms with Crippen LogP contribution in [-0.4, -0.2) is 16.7 Å². The summed E-state index contributed by atoms with van der Waals surface area (Å²) in [5, 5.41) is 10.2. The van der Waals surface area contributed by atoms with Gasteiger partial charge in [-0.1, -0.05) is 12.1 Å². The summed E-state index contributed by atoms with van der Waals surface area (Å²) in [7, 11) is 0. The Bertz CT molecular complexity index is 493. The summed E-state index contributed by atoms with van der Waals surface area (Å²) in [6.45, 7) is 3.66. The number of aromatic nitrogens is 2. The van der Waals surface area contributed by atoms with Gasteiger partial charge in [-0.3, -0.25) is 5.10 Å². The number of hydrogen-bond acceptors (Lipinski definition) is 2. The first-order chi connectivity index (χ1) is 8.75. The van der Waals surface area contributed by atoms with E-state index in [9.17, 15) is 4.39 Å². The topological polar surface area (TPSA) is 40.7 Å². The highest BCUT2D eigenvalue weighted by molar-refractivity contribution is 5.16. The lowest BCUT2D eigenvalue weighted by molar-refractivity contribution is 0.616. The van der Waals surface area contributed by atoms with Gasteiger partial charge in [-0.2, -0.15) is 5.10 Å². The van der Waals surface area contributed by atoms with Crippen LogP contribution >= 0.6 is 0 Å². The molecule has 4 heteroatoms. The molecule has 3 nitrogen and oxygen atoms in total. The summed E-state index contributed by atoms with van der Waals surface area (Å²) in [4.78, 5) is 0.